The zero-order valence-corrected chi connectivity index (χ0v) is 17.5. The van der Waals surface area contributed by atoms with E-state index in [0.29, 0.717) is 17.6 Å². The number of nitrogens with one attached hydrogen (secondary N) is 1. The third-order valence-electron chi connectivity index (χ3n) is 4.41. The number of hydrogen-bond acceptors (Lipinski definition) is 3. The summed E-state index contributed by atoms with van der Waals surface area (Å²) in [5.41, 5.74) is 1.26. The Kier molecular flexibility index (Phi) is 12.5. The number of likely N-dealkylation sites (tertiary alicyclic amines) is 1. The van der Waals surface area contributed by atoms with Crippen LogP contribution in [0.15, 0.2) is 36.9 Å². The van der Waals surface area contributed by atoms with E-state index in [9.17, 15) is 9.90 Å². The van der Waals surface area contributed by atoms with Crippen LogP contribution in [0.3, 0.4) is 0 Å². The van der Waals surface area contributed by atoms with Gasteiger partial charge >= 0.3 is 0 Å². The average molecular weight is 363 g/mol. The molecule has 1 aromatic rings. The minimum atomic E-state index is -0.0878. The molecular formula is C22H38N2O2. The Labute approximate surface area is 160 Å². The third kappa shape index (κ3) is 7.61. The zero-order valence-electron chi connectivity index (χ0n) is 17.5. The van der Waals surface area contributed by atoms with E-state index in [-0.39, 0.29) is 11.9 Å². The largest absolute Gasteiger partial charge is 0.508 e. The van der Waals surface area contributed by atoms with E-state index in [0.717, 1.165) is 25.9 Å². The highest BCUT2D eigenvalue weighted by atomic mass is 16.3. The smallest absolute Gasteiger partial charge is 0.239 e. The van der Waals surface area contributed by atoms with Crippen LogP contribution in [0.1, 0.15) is 58.9 Å². The Morgan fingerprint density at radius 2 is 1.69 bits per heavy atom. The van der Waals surface area contributed by atoms with Crippen molar-refractivity contribution in [2.24, 2.45) is 5.92 Å². The first-order valence-electron chi connectivity index (χ1n) is 9.76. The van der Waals surface area contributed by atoms with Crippen LogP contribution in [0.2, 0.25) is 0 Å². The van der Waals surface area contributed by atoms with Gasteiger partial charge in [-0.25, -0.2) is 0 Å². The molecule has 0 saturated carbocycles. The maximum atomic E-state index is 12.5. The molecule has 1 heterocycles. The molecule has 0 radical (unpaired) electrons. The Bertz CT molecular complexity index is 503. The van der Waals surface area contributed by atoms with Gasteiger partial charge in [0, 0.05) is 13.1 Å². The number of carbonyl (C=O) groups excluding carboxylic acids is 1. The molecule has 0 aromatic heterocycles. The van der Waals surface area contributed by atoms with Crippen LogP contribution >= 0.6 is 0 Å². The van der Waals surface area contributed by atoms with Crippen LogP contribution in [-0.4, -0.2) is 42.1 Å². The molecule has 0 bridgehead atoms. The summed E-state index contributed by atoms with van der Waals surface area (Å²) in [6.07, 6.45) is 3.73. The fourth-order valence-electron chi connectivity index (χ4n) is 3.12. The van der Waals surface area contributed by atoms with Crippen LogP contribution in [0.4, 0.5) is 0 Å². The molecule has 1 aliphatic heterocycles. The highest BCUT2D eigenvalue weighted by molar-refractivity contribution is 5.82. The van der Waals surface area contributed by atoms with Crippen LogP contribution < -0.4 is 5.32 Å². The van der Waals surface area contributed by atoms with Crippen molar-refractivity contribution in [2.75, 3.05) is 20.1 Å². The number of allylic oxidation sites excluding steroid dienone is 1. The second-order valence-electron chi connectivity index (χ2n) is 6.61. The summed E-state index contributed by atoms with van der Waals surface area (Å²) >= 11 is 0. The quantitative estimate of drug-likeness (QED) is 0.772. The molecule has 0 spiro atoms. The lowest BCUT2D eigenvalue weighted by atomic mass is 9.89. The first-order valence-corrected chi connectivity index (χ1v) is 9.76. The Morgan fingerprint density at radius 3 is 2.08 bits per heavy atom. The number of piperidine rings is 1. The van der Waals surface area contributed by atoms with Crippen molar-refractivity contribution in [1.29, 1.82) is 0 Å². The van der Waals surface area contributed by atoms with Gasteiger partial charge in [-0.05, 0) is 56.3 Å². The summed E-state index contributed by atoms with van der Waals surface area (Å²) in [7, 11) is 1.85. The van der Waals surface area contributed by atoms with E-state index < -0.39 is 0 Å². The van der Waals surface area contributed by atoms with E-state index in [1.54, 1.807) is 18.2 Å². The van der Waals surface area contributed by atoms with Gasteiger partial charge in [0.25, 0.3) is 0 Å². The van der Waals surface area contributed by atoms with E-state index >= 15 is 0 Å². The maximum absolute atomic E-state index is 12.5. The lowest BCUT2D eigenvalue weighted by Gasteiger charge is -2.35. The zero-order chi connectivity index (χ0) is 20.1. The standard InChI is InChI=1S/C17H26N2O2.C3H6.C2H6/c1-12(2)16(18-3)17(21)19-10-8-14(9-11-19)13-4-6-15(20)7-5-13;1-3-2;1-2/h4-7,12,14,16,18,20H,8-11H2,1-3H3;3H,1H2,2H3;1-2H3/t16-;;/m1../s1. The molecule has 148 valence electrons. The van der Waals surface area contributed by atoms with Gasteiger partial charge < -0.3 is 15.3 Å². The van der Waals surface area contributed by atoms with Gasteiger partial charge in [0.05, 0.1) is 6.04 Å². The van der Waals surface area contributed by atoms with Crippen molar-refractivity contribution in [3.05, 3.63) is 42.5 Å². The van der Waals surface area contributed by atoms with Gasteiger partial charge in [-0.3, -0.25) is 4.79 Å². The highest BCUT2D eigenvalue weighted by Gasteiger charge is 2.29. The monoisotopic (exact) mass is 362 g/mol. The lowest BCUT2D eigenvalue weighted by molar-refractivity contribution is -0.135. The Balaban J connectivity index is 0.00000113. The van der Waals surface area contributed by atoms with Gasteiger partial charge in [0.15, 0.2) is 0 Å². The molecule has 1 atom stereocenters. The van der Waals surface area contributed by atoms with Gasteiger partial charge in [-0.1, -0.05) is 45.9 Å². The van der Waals surface area contributed by atoms with Crippen molar-refractivity contribution < 1.29 is 9.90 Å². The second kappa shape index (κ2) is 13.4. The molecule has 1 amide bonds. The predicted molar refractivity (Wildman–Crippen MR) is 112 cm³/mol. The second-order valence-corrected chi connectivity index (χ2v) is 6.61. The number of likely N-dealkylation sites (N-methyl/N-ethyl adjacent to an activating group) is 1. The van der Waals surface area contributed by atoms with E-state index in [4.69, 9.17) is 0 Å². The van der Waals surface area contributed by atoms with Crippen LogP contribution in [0.25, 0.3) is 0 Å². The first kappa shape index (κ1) is 24.2. The first-order chi connectivity index (χ1) is 12.4. The normalized spacial score (nSPS) is 15.3. The van der Waals surface area contributed by atoms with Crippen LogP contribution in [-0.2, 0) is 4.79 Å². The molecule has 1 aromatic carbocycles. The predicted octanol–water partition coefficient (Wildman–Crippen LogP) is 4.56. The molecule has 4 nitrogen and oxygen atoms in total. The van der Waals surface area contributed by atoms with Crippen molar-refractivity contribution in [3.8, 4) is 5.75 Å². The molecule has 4 heteroatoms. The number of amides is 1. The summed E-state index contributed by atoms with van der Waals surface area (Å²) in [5, 5.41) is 12.5. The summed E-state index contributed by atoms with van der Waals surface area (Å²) in [4.78, 5) is 14.5. The number of benzene rings is 1. The van der Waals surface area contributed by atoms with Gasteiger partial charge in [-0.2, -0.15) is 0 Å². The molecule has 0 unspecified atom stereocenters. The van der Waals surface area contributed by atoms with Crippen molar-refractivity contribution in [2.45, 2.75) is 59.4 Å². The third-order valence-corrected chi connectivity index (χ3v) is 4.41. The summed E-state index contributed by atoms with van der Waals surface area (Å²) in [6.45, 7) is 15.0. The summed E-state index contributed by atoms with van der Waals surface area (Å²) in [5.74, 6) is 1.32. The minimum absolute atomic E-state index is 0.0878. The van der Waals surface area contributed by atoms with Gasteiger partial charge in [-0.15, -0.1) is 6.58 Å². The fourth-order valence-corrected chi connectivity index (χ4v) is 3.12. The van der Waals surface area contributed by atoms with Crippen molar-refractivity contribution >= 4 is 5.91 Å². The minimum Gasteiger partial charge on any atom is -0.508 e. The molecule has 1 saturated heterocycles. The summed E-state index contributed by atoms with van der Waals surface area (Å²) in [6, 6.07) is 7.37. The topological polar surface area (TPSA) is 52.6 Å². The van der Waals surface area contributed by atoms with Crippen molar-refractivity contribution in [1.82, 2.24) is 10.2 Å². The Morgan fingerprint density at radius 1 is 1.23 bits per heavy atom. The number of nitrogens with zero attached hydrogens (tertiary/aromatic N) is 1. The molecule has 2 N–H and O–H groups in total. The summed E-state index contributed by atoms with van der Waals surface area (Å²) < 4.78 is 0. The number of phenolic OH excluding ortho intramolecular Hbond substituents is 1. The molecule has 26 heavy (non-hydrogen) atoms. The van der Waals surface area contributed by atoms with E-state index in [1.165, 1.54) is 5.56 Å². The molecule has 1 aliphatic rings. The number of phenols is 1. The average Bonchev–Trinajstić information content (AvgIpc) is 2.65. The van der Waals surface area contributed by atoms with Crippen LogP contribution in [0, 0.1) is 5.92 Å². The lowest BCUT2D eigenvalue weighted by Crippen LogP contribution is -2.50. The van der Waals surface area contributed by atoms with Gasteiger partial charge in [0.1, 0.15) is 5.75 Å². The fraction of sp³-hybridized carbons (Fsp3) is 0.591. The number of aromatic hydroxyl groups is 1. The number of hydrogen-bond donors (Lipinski definition) is 2. The molecule has 0 aliphatic carbocycles. The molecular weight excluding hydrogens is 324 g/mol. The van der Waals surface area contributed by atoms with Gasteiger partial charge in [0.2, 0.25) is 5.91 Å². The number of rotatable bonds is 4. The maximum Gasteiger partial charge on any atom is 0.239 e. The van der Waals surface area contributed by atoms with E-state index in [2.05, 4.69) is 25.7 Å². The SMILES string of the molecule is C=CC.CC.CN[C@@H](C(=O)N1CCC(c2ccc(O)cc2)CC1)C(C)C. The molecule has 1 fully saturated rings. The molecule has 2 rings (SSSR count). The number of carbonyl (C=O) groups is 1. The highest BCUT2D eigenvalue weighted by Crippen LogP contribution is 2.29. The van der Waals surface area contributed by atoms with Crippen molar-refractivity contribution in [3.63, 3.8) is 0 Å². The van der Waals surface area contributed by atoms with Crippen LogP contribution in [0.5, 0.6) is 5.75 Å². The van der Waals surface area contributed by atoms with E-state index in [1.807, 2.05) is 44.9 Å². The Hall–Kier alpha value is -1.81.